The van der Waals surface area contributed by atoms with Gasteiger partial charge in [-0.05, 0) is 38.6 Å². The Hall–Kier alpha value is -1.46. The monoisotopic (exact) mass is 276 g/mol. The molecule has 0 aliphatic carbocycles. The number of carbonyl (C=O) groups excluding carboxylic acids is 1. The fraction of sp³-hybridized carbons (Fsp3) is 0.600. The summed E-state index contributed by atoms with van der Waals surface area (Å²) in [6.07, 6.45) is 1.11. The summed E-state index contributed by atoms with van der Waals surface area (Å²) in [6, 6.07) is 5.92. The number of amides is 1. The van der Waals surface area contributed by atoms with Crippen LogP contribution >= 0.6 is 0 Å². The molecule has 1 aromatic rings. The van der Waals surface area contributed by atoms with Gasteiger partial charge in [0, 0.05) is 25.8 Å². The first kappa shape index (κ1) is 14.9. The number of nitrogens with zero attached hydrogens (tertiary/aromatic N) is 3. The molecule has 1 fully saturated rings. The third-order valence-corrected chi connectivity index (χ3v) is 3.56. The number of aromatic nitrogens is 1. The van der Waals surface area contributed by atoms with Gasteiger partial charge in [-0.15, -0.1) is 0 Å². The highest BCUT2D eigenvalue weighted by atomic mass is 16.2. The van der Waals surface area contributed by atoms with Crippen LogP contribution in [0.3, 0.4) is 0 Å². The Bertz CT molecular complexity index is 441. The van der Waals surface area contributed by atoms with E-state index in [1.807, 2.05) is 32.2 Å². The smallest absolute Gasteiger partial charge is 0.236 e. The summed E-state index contributed by atoms with van der Waals surface area (Å²) in [5.41, 5.74) is 1.93. The highest BCUT2D eigenvalue weighted by molar-refractivity contribution is 5.77. The number of hydrogen-bond acceptors (Lipinski definition) is 4. The molecule has 1 aliphatic rings. The second kappa shape index (κ2) is 7.36. The van der Waals surface area contributed by atoms with Crippen molar-refractivity contribution in [2.24, 2.45) is 0 Å². The average Bonchev–Trinajstić information content (AvgIpc) is 2.67. The van der Waals surface area contributed by atoms with Crippen molar-refractivity contribution in [3.8, 4) is 0 Å². The maximum atomic E-state index is 12.2. The topological polar surface area (TPSA) is 48.5 Å². The summed E-state index contributed by atoms with van der Waals surface area (Å²) in [5, 5.41) is 3.35. The number of carbonyl (C=O) groups is 1. The Labute approximate surface area is 121 Å². The van der Waals surface area contributed by atoms with Crippen LogP contribution in [0.2, 0.25) is 0 Å². The van der Waals surface area contributed by atoms with Crippen LogP contribution < -0.4 is 5.32 Å². The van der Waals surface area contributed by atoms with Crippen LogP contribution in [-0.4, -0.2) is 60.5 Å². The van der Waals surface area contributed by atoms with E-state index < -0.39 is 0 Å². The molecule has 0 spiro atoms. The Morgan fingerprint density at radius 3 is 3.05 bits per heavy atom. The molecule has 0 unspecified atom stereocenters. The van der Waals surface area contributed by atoms with E-state index in [2.05, 4.69) is 15.2 Å². The van der Waals surface area contributed by atoms with Gasteiger partial charge in [-0.25, -0.2) is 0 Å². The van der Waals surface area contributed by atoms with Crippen molar-refractivity contribution in [2.45, 2.75) is 19.9 Å². The number of aryl methyl sites for hydroxylation is 1. The lowest BCUT2D eigenvalue weighted by Gasteiger charge is -2.23. The lowest BCUT2D eigenvalue weighted by Crippen LogP contribution is -2.39. The van der Waals surface area contributed by atoms with Crippen LogP contribution in [0, 0.1) is 6.92 Å². The van der Waals surface area contributed by atoms with Crippen molar-refractivity contribution in [1.82, 2.24) is 20.1 Å². The lowest BCUT2D eigenvalue weighted by atomic mass is 10.3. The summed E-state index contributed by atoms with van der Waals surface area (Å²) in [5.74, 6) is 0.162. The molecule has 5 nitrogen and oxygen atoms in total. The zero-order chi connectivity index (χ0) is 14.4. The Morgan fingerprint density at radius 1 is 1.40 bits per heavy atom. The molecular weight excluding hydrogens is 252 g/mol. The number of likely N-dealkylation sites (N-methyl/N-ethyl adjacent to an activating group) is 1. The molecule has 5 heteroatoms. The minimum atomic E-state index is 0.162. The van der Waals surface area contributed by atoms with Gasteiger partial charge in [0.15, 0.2) is 0 Å². The largest absolute Gasteiger partial charge is 0.339 e. The van der Waals surface area contributed by atoms with Crippen LogP contribution in [0.4, 0.5) is 0 Å². The molecule has 1 aromatic heterocycles. The van der Waals surface area contributed by atoms with Crippen molar-refractivity contribution in [3.63, 3.8) is 0 Å². The van der Waals surface area contributed by atoms with Gasteiger partial charge in [-0.3, -0.25) is 14.7 Å². The van der Waals surface area contributed by atoms with Gasteiger partial charge < -0.3 is 10.2 Å². The molecule has 2 rings (SSSR count). The zero-order valence-corrected chi connectivity index (χ0v) is 12.4. The number of pyridine rings is 1. The summed E-state index contributed by atoms with van der Waals surface area (Å²) < 4.78 is 0. The van der Waals surface area contributed by atoms with Gasteiger partial charge in [0.1, 0.15) is 0 Å². The van der Waals surface area contributed by atoms with E-state index in [1.165, 1.54) is 0 Å². The average molecular weight is 276 g/mol. The minimum Gasteiger partial charge on any atom is -0.339 e. The Morgan fingerprint density at radius 2 is 2.25 bits per heavy atom. The van der Waals surface area contributed by atoms with Gasteiger partial charge in [-0.1, -0.05) is 6.07 Å². The summed E-state index contributed by atoms with van der Waals surface area (Å²) in [4.78, 5) is 20.7. The second-order valence-corrected chi connectivity index (χ2v) is 5.40. The first-order valence-corrected chi connectivity index (χ1v) is 7.25. The number of nitrogens with one attached hydrogen (secondary N) is 1. The van der Waals surface area contributed by atoms with Crippen molar-refractivity contribution < 1.29 is 4.79 Å². The van der Waals surface area contributed by atoms with E-state index in [-0.39, 0.29) is 5.91 Å². The molecule has 2 heterocycles. The molecular formula is C15H24N4O. The highest BCUT2D eigenvalue weighted by Crippen LogP contribution is 2.03. The van der Waals surface area contributed by atoms with E-state index in [4.69, 9.17) is 0 Å². The van der Waals surface area contributed by atoms with Gasteiger partial charge in [0.05, 0.1) is 18.8 Å². The SMILES string of the molecule is Cc1cccc(CN(C)C(=O)CN2CCCNCC2)n1. The fourth-order valence-electron chi connectivity index (χ4n) is 2.39. The van der Waals surface area contributed by atoms with Crippen LogP contribution in [-0.2, 0) is 11.3 Å². The quantitative estimate of drug-likeness (QED) is 0.877. The van der Waals surface area contributed by atoms with Crippen molar-refractivity contribution in [1.29, 1.82) is 0 Å². The van der Waals surface area contributed by atoms with E-state index in [1.54, 1.807) is 4.90 Å². The third kappa shape index (κ3) is 4.58. The molecule has 0 bridgehead atoms. The van der Waals surface area contributed by atoms with E-state index in [0.717, 1.165) is 44.0 Å². The van der Waals surface area contributed by atoms with Gasteiger partial charge in [-0.2, -0.15) is 0 Å². The maximum Gasteiger partial charge on any atom is 0.236 e. The molecule has 20 heavy (non-hydrogen) atoms. The molecule has 0 aromatic carbocycles. The van der Waals surface area contributed by atoms with Gasteiger partial charge in [0.25, 0.3) is 0 Å². The molecule has 1 amide bonds. The third-order valence-electron chi connectivity index (χ3n) is 3.56. The molecule has 1 saturated heterocycles. The molecule has 0 saturated carbocycles. The van der Waals surface area contributed by atoms with Crippen molar-refractivity contribution >= 4 is 5.91 Å². The predicted octanol–water partition coefficient (Wildman–Crippen LogP) is 0.644. The van der Waals surface area contributed by atoms with Crippen LogP contribution in [0.15, 0.2) is 18.2 Å². The molecule has 1 N–H and O–H groups in total. The number of hydrogen-bond donors (Lipinski definition) is 1. The molecule has 1 aliphatic heterocycles. The second-order valence-electron chi connectivity index (χ2n) is 5.40. The molecule has 0 atom stereocenters. The number of rotatable bonds is 4. The van der Waals surface area contributed by atoms with Crippen LogP contribution in [0.25, 0.3) is 0 Å². The first-order valence-electron chi connectivity index (χ1n) is 7.25. The Balaban J connectivity index is 1.85. The maximum absolute atomic E-state index is 12.2. The molecule has 110 valence electrons. The predicted molar refractivity (Wildman–Crippen MR) is 79.4 cm³/mol. The van der Waals surface area contributed by atoms with Crippen LogP contribution in [0.1, 0.15) is 17.8 Å². The van der Waals surface area contributed by atoms with E-state index in [9.17, 15) is 4.79 Å². The van der Waals surface area contributed by atoms with Crippen molar-refractivity contribution in [2.75, 3.05) is 39.8 Å². The Kier molecular flexibility index (Phi) is 5.49. The van der Waals surface area contributed by atoms with Gasteiger partial charge >= 0.3 is 0 Å². The summed E-state index contributed by atoms with van der Waals surface area (Å²) in [7, 11) is 1.85. The first-order chi connectivity index (χ1) is 9.65. The van der Waals surface area contributed by atoms with E-state index in [0.29, 0.717) is 13.1 Å². The lowest BCUT2D eigenvalue weighted by molar-refractivity contribution is -0.131. The fourth-order valence-corrected chi connectivity index (χ4v) is 2.39. The molecule has 0 radical (unpaired) electrons. The summed E-state index contributed by atoms with van der Waals surface area (Å²) >= 11 is 0. The summed E-state index contributed by atoms with van der Waals surface area (Å²) in [6.45, 7) is 7.01. The normalized spacial score (nSPS) is 16.7. The highest BCUT2D eigenvalue weighted by Gasteiger charge is 2.16. The van der Waals surface area contributed by atoms with E-state index >= 15 is 0 Å². The minimum absolute atomic E-state index is 0.162. The van der Waals surface area contributed by atoms with Crippen molar-refractivity contribution in [3.05, 3.63) is 29.6 Å². The van der Waals surface area contributed by atoms with Crippen LogP contribution in [0.5, 0.6) is 0 Å². The zero-order valence-electron chi connectivity index (χ0n) is 12.4. The van der Waals surface area contributed by atoms with Gasteiger partial charge in [0.2, 0.25) is 5.91 Å². The standard InChI is InChI=1S/C15H24N4O/c1-13-5-3-6-14(17-13)11-18(2)15(20)12-19-9-4-7-16-8-10-19/h3,5-6,16H,4,7-12H2,1-2H3.